The number of methoxy groups -OCH3 is 1. The summed E-state index contributed by atoms with van der Waals surface area (Å²) in [5.74, 6) is -1.13. The summed E-state index contributed by atoms with van der Waals surface area (Å²) in [6.07, 6.45) is 0. The summed E-state index contributed by atoms with van der Waals surface area (Å²) in [5.41, 5.74) is 2.15. The molecular formula is C17H16FN3O3S. The Hall–Kier alpha value is -2.74. The van der Waals surface area contributed by atoms with Gasteiger partial charge in [-0.25, -0.2) is 14.2 Å². The van der Waals surface area contributed by atoms with Crippen molar-refractivity contribution in [3.8, 4) is 0 Å². The number of thiazole rings is 1. The highest BCUT2D eigenvalue weighted by Crippen LogP contribution is 2.22. The smallest absolute Gasteiger partial charge is 0.338 e. The van der Waals surface area contributed by atoms with Gasteiger partial charge in [0.05, 0.1) is 24.9 Å². The highest BCUT2D eigenvalue weighted by Gasteiger charge is 2.13. The van der Waals surface area contributed by atoms with E-state index in [1.165, 1.54) is 35.0 Å². The van der Waals surface area contributed by atoms with Crippen LogP contribution in [0.1, 0.15) is 27.3 Å². The summed E-state index contributed by atoms with van der Waals surface area (Å²) in [5, 5.41) is 4.90. The second-order valence-electron chi connectivity index (χ2n) is 5.56. The molecular weight excluding hydrogens is 345 g/mol. The average Bonchev–Trinajstić information content (AvgIpc) is 2.96. The van der Waals surface area contributed by atoms with Crippen molar-refractivity contribution in [1.29, 1.82) is 0 Å². The predicted octanol–water partition coefficient (Wildman–Crippen LogP) is 2.91. The number of benzene rings is 1. The van der Waals surface area contributed by atoms with Crippen LogP contribution < -0.4 is 10.9 Å². The van der Waals surface area contributed by atoms with Gasteiger partial charge in [-0.1, -0.05) is 0 Å². The van der Waals surface area contributed by atoms with Crippen molar-refractivity contribution in [2.75, 3.05) is 12.4 Å². The fraction of sp³-hybridized carbons (Fsp3) is 0.235. The number of nitrogens with one attached hydrogen (secondary N) is 1. The van der Waals surface area contributed by atoms with E-state index in [0.29, 0.717) is 21.9 Å². The van der Waals surface area contributed by atoms with E-state index in [0.717, 1.165) is 11.8 Å². The van der Waals surface area contributed by atoms with Crippen LogP contribution >= 0.6 is 11.3 Å². The summed E-state index contributed by atoms with van der Waals surface area (Å²) >= 11 is 1.38. The lowest BCUT2D eigenvalue weighted by atomic mass is 10.1. The van der Waals surface area contributed by atoms with Crippen molar-refractivity contribution >= 4 is 28.0 Å². The van der Waals surface area contributed by atoms with E-state index in [1.807, 2.05) is 12.3 Å². The molecule has 25 heavy (non-hydrogen) atoms. The number of nitrogens with zero attached hydrogens (tertiary/aromatic N) is 2. The molecule has 0 aliphatic carbocycles. The van der Waals surface area contributed by atoms with Crippen molar-refractivity contribution in [3.63, 3.8) is 0 Å². The molecule has 0 unspecified atom stereocenters. The first-order valence-electron chi connectivity index (χ1n) is 7.50. The van der Waals surface area contributed by atoms with Crippen molar-refractivity contribution in [2.24, 2.45) is 0 Å². The Morgan fingerprint density at radius 1 is 1.36 bits per heavy atom. The molecule has 0 spiro atoms. The van der Waals surface area contributed by atoms with Crippen LogP contribution in [-0.4, -0.2) is 22.5 Å². The summed E-state index contributed by atoms with van der Waals surface area (Å²) in [6.45, 7) is 3.68. The van der Waals surface area contributed by atoms with E-state index in [2.05, 4.69) is 15.0 Å². The minimum Gasteiger partial charge on any atom is -0.465 e. The van der Waals surface area contributed by atoms with Gasteiger partial charge in [0.25, 0.3) is 5.56 Å². The molecule has 1 aromatic carbocycles. The van der Waals surface area contributed by atoms with Crippen molar-refractivity contribution in [3.05, 3.63) is 62.3 Å². The molecule has 0 saturated carbocycles. The van der Waals surface area contributed by atoms with Crippen molar-refractivity contribution in [1.82, 2.24) is 9.38 Å². The van der Waals surface area contributed by atoms with E-state index >= 15 is 0 Å². The van der Waals surface area contributed by atoms with E-state index in [9.17, 15) is 14.0 Å². The molecule has 1 N–H and O–H groups in total. The Kier molecular flexibility index (Phi) is 4.54. The minimum atomic E-state index is -0.617. The normalized spacial score (nSPS) is 10.9. The molecule has 8 heteroatoms. The van der Waals surface area contributed by atoms with E-state index in [1.54, 1.807) is 6.92 Å². The number of hydrogen-bond donors (Lipinski definition) is 1. The molecule has 3 rings (SSSR count). The zero-order valence-electron chi connectivity index (χ0n) is 13.9. The van der Waals surface area contributed by atoms with Crippen LogP contribution in [-0.2, 0) is 11.3 Å². The van der Waals surface area contributed by atoms with E-state index in [4.69, 9.17) is 0 Å². The maximum absolute atomic E-state index is 14.0. The topological polar surface area (TPSA) is 72.7 Å². The van der Waals surface area contributed by atoms with Crippen LogP contribution in [0.3, 0.4) is 0 Å². The zero-order chi connectivity index (χ0) is 18.1. The molecule has 0 atom stereocenters. The number of carbonyl (C=O) groups is 1. The molecule has 0 aliphatic rings. The largest absolute Gasteiger partial charge is 0.465 e. The molecule has 0 aliphatic heterocycles. The monoisotopic (exact) mass is 361 g/mol. The highest BCUT2D eigenvalue weighted by molar-refractivity contribution is 7.15. The van der Waals surface area contributed by atoms with Gasteiger partial charge in [0.2, 0.25) is 0 Å². The van der Waals surface area contributed by atoms with Crippen LogP contribution in [0.2, 0.25) is 0 Å². The summed E-state index contributed by atoms with van der Waals surface area (Å²) in [4.78, 5) is 28.8. The molecule has 3 aromatic rings. The van der Waals surface area contributed by atoms with Gasteiger partial charge in [-0.15, -0.1) is 11.3 Å². The fourth-order valence-corrected chi connectivity index (χ4v) is 3.37. The first-order valence-corrected chi connectivity index (χ1v) is 8.37. The molecule has 0 amide bonds. The van der Waals surface area contributed by atoms with Crippen molar-refractivity contribution < 1.29 is 13.9 Å². The molecule has 0 bridgehead atoms. The number of esters is 1. The number of halogens is 1. The zero-order valence-corrected chi connectivity index (χ0v) is 14.7. The lowest BCUT2D eigenvalue weighted by molar-refractivity contribution is 0.0600. The lowest BCUT2D eigenvalue weighted by Gasteiger charge is -2.12. The van der Waals surface area contributed by atoms with Crippen LogP contribution in [0.4, 0.5) is 10.1 Å². The van der Waals surface area contributed by atoms with Crippen LogP contribution in [0, 0.1) is 19.7 Å². The Bertz CT molecular complexity index is 1030. The maximum atomic E-state index is 14.0. The third-order valence-electron chi connectivity index (χ3n) is 3.85. The fourth-order valence-electron chi connectivity index (χ4n) is 2.48. The standard InChI is InChI=1S/C17H16FN3O3S/c1-9-8-25-17-20-12(6-15(22)21(9)17)7-19-14-5-11(16(23)24-3)4-13(18)10(14)2/h4-6,8,19H,7H2,1-3H3. The number of carbonyl (C=O) groups excluding carboxylic acids is 1. The van der Waals surface area contributed by atoms with Gasteiger partial charge in [0.1, 0.15) is 5.82 Å². The Morgan fingerprint density at radius 2 is 2.12 bits per heavy atom. The Labute approximate surface area is 146 Å². The van der Waals surface area contributed by atoms with Crippen LogP contribution in [0.15, 0.2) is 28.4 Å². The number of ether oxygens (including phenoxy) is 1. The SMILES string of the molecule is COC(=O)c1cc(F)c(C)c(NCc2cc(=O)n3c(C)csc3n2)c1. The summed E-state index contributed by atoms with van der Waals surface area (Å²) < 4.78 is 20.2. The van der Waals surface area contributed by atoms with E-state index in [-0.39, 0.29) is 17.7 Å². The summed E-state index contributed by atoms with van der Waals surface area (Å²) in [6, 6.07) is 4.10. The number of rotatable bonds is 4. The number of aromatic nitrogens is 2. The number of fused-ring (bicyclic) bond motifs is 1. The van der Waals surface area contributed by atoms with Crippen LogP contribution in [0.25, 0.3) is 4.96 Å². The molecule has 0 radical (unpaired) electrons. The number of hydrogen-bond acceptors (Lipinski definition) is 6. The molecule has 6 nitrogen and oxygen atoms in total. The first-order chi connectivity index (χ1) is 11.9. The summed E-state index contributed by atoms with van der Waals surface area (Å²) in [7, 11) is 1.24. The Morgan fingerprint density at radius 3 is 2.84 bits per heavy atom. The first kappa shape index (κ1) is 17.1. The van der Waals surface area contributed by atoms with Gasteiger partial charge in [0.15, 0.2) is 4.96 Å². The van der Waals surface area contributed by atoms with Gasteiger partial charge in [0, 0.05) is 28.4 Å². The maximum Gasteiger partial charge on any atom is 0.338 e. The second-order valence-corrected chi connectivity index (χ2v) is 6.39. The van der Waals surface area contributed by atoms with Gasteiger partial charge in [-0.3, -0.25) is 9.20 Å². The van der Waals surface area contributed by atoms with Crippen molar-refractivity contribution in [2.45, 2.75) is 20.4 Å². The number of anilines is 1. The third kappa shape index (κ3) is 3.25. The second kappa shape index (κ2) is 6.64. The highest BCUT2D eigenvalue weighted by atomic mass is 32.1. The quantitative estimate of drug-likeness (QED) is 0.724. The lowest BCUT2D eigenvalue weighted by Crippen LogP contribution is -2.16. The third-order valence-corrected chi connectivity index (χ3v) is 4.80. The molecule has 130 valence electrons. The molecule has 2 aromatic heterocycles. The van der Waals surface area contributed by atoms with Gasteiger partial charge < -0.3 is 10.1 Å². The minimum absolute atomic E-state index is 0.116. The molecule has 0 fully saturated rings. The number of aryl methyl sites for hydroxylation is 1. The van der Waals surface area contributed by atoms with Gasteiger partial charge in [-0.05, 0) is 26.0 Å². The molecule has 0 saturated heterocycles. The van der Waals surface area contributed by atoms with Gasteiger partial charge >= 0.3 is 5.97 Å². The van der Waals surface area contributed by atoms with Gasteiger partial charge in [-0.2, -0.15) is 0 Å². The average molecular weight is 361 g/mol. The van der Waals surface area contributed by atoms with Crippen LogP contribution in [0.5, 0.6) is 0 Å². The predicted molar refractivity (Wildman–Crippen MR) is 93.9 cm³/mol. The van der Waals surface area contributed by atoms with E-state index < -0.39 is 11.8 Å². The molecule has 2 heterocycles. The Balaban J connectivity index is 1.90.